The quantitative estimate of drug-likeness (QED) is 0.417. The molecule has 0 aromatic heterocycles. The minimum absolute atomic E-state index is 0.274. The van der Waals surface area contributed by atoms with Gasteiger partial charge in [-0.15, -0.1) is 0 Å². The van der Waals surface area contributed by atoms with E-state index >= 15 is 0 Å². The fraction of sp³-hybridized carbons (Fsp3) is 0.969. The largest absolute Gasteiger partial charge is 0.481 e. The Bertz CT molecular complexity index is 911. The Morgan fingerprint density at radius 2 is 1.24 bits per heavy atom. The third-order valence-corrected chi connectivity index (χ3v) is 15.8. The standard InChI is InChI=1S/C32H52O2/c1-21-26(2)10-8-23-29(5)16-18-31(7)24-20-28(4,25(33)34)13-12-27(24,3)14-17-30(31,6)22(29)9-11-32(21,23)19-15-26/h21-24H,8-20H2,1-7H3,(H,33,34). The van der Waals surface area contributed by atoms with Crippen molar-refractivity contribution in [3.63, 3.8) is 0 Å². The highest BCUT2D eigenvalue weighted by Crippen LogP contribution is 2.81. The monoisotopic (exact) mass is 468 g/mol. The number of rotatable bonds is 1. The Balaban J connectivity index is 1.39. The fourth-order valence-corrected chi connectivity index (χ4v) is 12.9. The van der Waals surface area contributed by atoms with Crippen LogP contribution in [0.1, 0.15) is 132 Å². The van der Waals surface area contributed by atoms with E-state index in [2.05, 4.69) is 48.5 Å². The topological polar surface area (TPSA) is 37.3 Å². The second kappa shape index (κ2) is 6.66. The summed E-state index contributed by atoms with van der Waals surface area (Å²) in [5, 5.41) is 10.2. The van der Waals surface area contributed by atoms with E-state index < -0.39 is 11.4 Å². The number of carbonyl (C=O) groups is 1. The van der Waals surface area contributed by atoms with Crippen molar-refractivity contribution in [2.45, 2.75) is 132 Å². The predicted octanol–water partition coefficient (Wildman–Crippen LogP) is 8.73. The van der Waals surface area contributed by atoms with Crippen LogP contribution in [0.5, 0.6) is 0 Å². The van der Waals surface area contributed by atoms with Gasteiger partial charge in [-0.25, -0.2) is 0 Å². The lowest BCUT2D eigenvalue weighted by Crippen LogP contribution is -2.67. The molecule has 0 aromatic rings. The lowest BCUT2D eigenvalue weighted by molar-refractivity contribution is -0.261. The Kier molecular flexibility index (Phi) is 4.67. The summed E-state index contributed by atoms with van der Waals surface area (Å²) in [5.41, 5.74) is 2.11. The molecule has 0 aliphatic heterocycles. The van der Waals surface area contributed by atoms with Gasteiger partial charge in [0.05, 0.1) is 5.41 Å². The van der Waals surface area contributed by atoms with Crippen molar-refractivity contribution >= 4 is 5.97 Å². The van der Waals surface area contributed by atoms with Crippen LogP contribution in [0.3, 0.4) is 0 Å². The molecule has 6 aliphatic rings. The number of aliphatic carboxylic acids is 1. The third kappa shape index (κ3) is 2.53. The van der Waals surface area contributed by atoms with Crippen LogP contribution in [-0.4, -0.2) is 11.1 Å². The van der Waals surface area contributed by atoms with E-state index in [0.717, 1.165) is 37.0 Å². The van der Waals surface area contributed by atoms with Gasteiger partial charge in [-0.1, -0.05) is 41.5 Å². The maximum atomic E-state index is 12.4. The number of hydrogen-bond acceptors (Lipinski definition) is 1. The minimum atomic E-state index is -0.550. The molecular formula is C32H52O2. The first-order valence-corrected chi connectivity index (χ1v) is 14.9. The smallest absolute Gasteiger partial charge is 0.309 e. The van der Waals surface area contributed by atoms with E-state index in [0.29, 0.717) is 33.0 Å². The van der Waals surface area contributed by atoms with E-state index in [4.69, 9.17) is 0 Å². The molecule has 6 aliphatic carbocycles. The maximum absolute atomic E-state index is 12.4. The van der Waals surface area contributed by atoms with Gasteiger partial charge >= 0.3 is 5.97 Å². The average Bonchev–Trinajstić information content (AvgIpc) is 2.92. The highest BCUT2D eigenvalue weighted by molar-refractivity contribution is 5.74. The summed E-state index contributed by atoms with van der Waals surface area (Å²) in [6.07, 6.45) is 17.0. The van der Waals surface area contributed by atoms with Gasteiger partial charge in [0.25, 0.3) is 0 Å². The SMILES string of the molecule is CC1C2(C)CCC3C4(C)CCC5(C)C6CC(C)(C(=O)O)CCC6(C)CCC5(C)C4CCC13CC2. The second-order valence-corrected chi connectivity index (χ2v) is 16.4. The number of fused-ring (bicyclic) bond motifs is 7. The lowest BCUT2D eigenvalue weighted by Gasteiger charge is -2.75. The van der Waals surface area contributed by atoms with E-state index in [1.165, 1.54) is 64.2 Å². The van der Waals surface area contributed by atoms with Gasteiger partial charge in [-0.3, -0.25) is 4.79 Å². The molecule has 6 fully saturated rings. The molecule has 1 spiro atoms. The van der Waals surface area contributed by atoms with Gasteiger partial charge in [0.1, 0.15) is 0 Å². The first-order chi connectivity index (χ1) is 15.7. The Morgan fingerprint density at radius 3 is 1.94 bits per heavy atom. The van der Waals surface area contributed by atoms with Crippen molar-refractivity contribution in [1.29, 1.82) is 0 Å². The molecule has 6 saturated carbocycles. The van der Waals surface area contributed by atoms with Crippen LogP contribution >= 0.6 is 0 Å². The van der Waals surface area contributed by atoms with Gasteiger partial charge in [-0.05, 0) is 147 Å². The molecule has 1 N–H and O–H groups in total. The van der Waals surface area contributed by atoms with E-state index in [9.17, 15) is 9.90 Å². The number of carboxylic acid groups (broad SMARTS) is 1. The Labute approximate surface area is 209 Å². The van der Waals surface area contributed by atoms with Gasteiger partial charge in [-0.2, -0.15) is 0 Å². The van der Waals surface area contributed by atoms with Crippen molar-refractivity contribution in [2.24, 2.45) is 61.6 Å². The molecule has 0 saturated heterocycles. The molecule has 11 unspecified atom stereocenters. The van der Waals surface area contributed by atoms with Crippen LogP contribution in [0.25, 0.3) is 0 Å². The third-order valence-electron chi connectivity index (χ3n) is 15.8. The average molecular weight is 469 g/mol. The first kappa shape index (κ1) is 23.8. The van der Waals surface area contributed by atoms with Crippen molar-refractivity contribution in [2.75, 3.05) is 0 Å². The van der Waals surface area contributed by atoms with Crippen molar-refractivity contribution in [3.05, 3.63) is 0 Å². The molecule has 2 heteroatoms. The van der Waals surface area contributed by atoms with Gasteiger partial charge in [0.2, 0.25) is 0 Å². The van der Waals surface area contributed by atoms with Crippen LogP contribution in [0.4, 0.5) is 0 Å². The second-order valence-electron chi connectivity index (χ2n) is 16.4. The summed E-state index contributed by atoms with van der Waals surface area (Å²) >= 11 is 0. The summed E-state index contributed by atoms with van der Waals surface area (Å²) in [6.45, 7) is 17.9. The van der Waals surface area contributed by atoms with Crippen molar-refractivity contribution < 1.29 is 9.90 Å². The van der Waals surface area contributed by atoms with Crippen molar-refractivity contribution in [3.8, 4) is 0 Å². The highest BCUT2D eigenvalue weighted by atomic mass is 16.4. The molecule has 6 rings (SSSR count). The molecule has 11 atom stereocenters. The first-order valence-electron chi connectivity index (χ1n) is 14.9. The molecule has 0 aromatic carbocycles. The molecule has 2 bridgehead atoms. The fourth-order valence-electron chi connectivity index (χ4n) is 12.9. The summed E-state index contributed by atoms with van der Waals surface area (Å²) in [5.74, 6) is 2.62. The Hall–Kier alpha value is -0.530. The van der Waals surface area contributed by atoms with Crippen LogP contribution in [0, 0.1) is 61.6 Å². The van der Waals surface area contributed by atoms with Crippen molar-refractivity contribution in [1.82, 2.24) is 0 Å². The van der Waals surface area contributed by atoms with Crippen LogP contribution in [0.15, 0.2) is 0 Å². The zero-order chi connectivity index (χ0) is 24.6. The van der Waals surface area contributed by atoms with E-state index in [-0.39, 0.29) is 5.41 Å². The van der Waals surface area contributed by atoms with Crippen LogP contribution < -0.4 is 0 Å². The Morgan fingerprint density at radius 1 is 0.647 bits per heavy atom. The van der Waals surface area contributed by atoms with E-state index in [1.54, 1.807) is 0 Å². The summed E-state index contributed by atoms with van der Waals surface area (Å²) < 4.78 is 0. The van der Waals surface area contributed by atoms with Crippen LogP contribution in [-0.2, 0) is 4.79 Å². The lowest BCUT2D eigenvalue weighted by atomic mass is 9.30. The summed E-state index contributed by atoms with van der Waals surface area (Å²) in [7, 11) is 0. The van der Waals surface area contributed by atoms with Gasteiger partial charge in [0, 0.05) is 0 Å². The molecule has 34 heavy (non-hydrogen) atoms. The predicted molar refractivity (Wildman–Crippen MR) is 138 cm³/mol. The number of carboxylic acids is 1. The highest BCUT2D eigenvalue weighted by Gasteiger charge is 2.73. The molecule has 2 nitrogen and oxygen atoms in total. The summed E-state index contributed by atoms with van der Waals surface area (Å²) in [4.78, 5) is 12.4. The maximum Gasteiger partial charge on any atom is 0.309 e. The normalized spacial score (nSPS) is 62.7. The van der Waals surface area contributed by atoms with Gasteiger partial charge in [0.15, 0.2) is 0 Å². The van der Waals surface area contributed by atoms with Gasteiger partial charge < -0.3 is 5.11 Å². The van der Waals surface area contributed by atoms with Crippen LogP contribution in [0.2, 0.25) is 0 Å². The molecule has 0 amide bonds. The zero-order valence-electron chi connectivity index (χ0n) is 23.4. The number of hydrogen-bond donors (Lipinski definition) is 1. The molecule has 192 valence electrons. The zero-order valence-corrected chi connectivity index (χ0v) is 23.4. The minimum Gasteiger partial charge on any atom is -0.481 e. The molecule has 0 radical (unpaired) electrons. The molecule has 0 heterocycles. The van der Waals surface area contributed by atoms with E-state index in [1.807, 2.05) is 0 Å². The summed E-state index contributed by atoms with van der Waals surface area (Å²) in [6, 6.07) is 0. The molecular weight excluding hydrogens is 416 g/mol.